The van der Waals surface area contributed by atoms with Crippen LogP contribution in [0.2, 0.25) is 0 Å². The highest BCUT2D eigenvalue weighted by Crippen LogP contribution is 2.79. The topological polar surface area (TPSA) is 99.4 Å². The zero-order valence-electron chi connectivity index (χ0n) is 17.4. The third-order valence-corrected chi connectivity index (χ3v) is 42.6. The van der Waals surface area contributed by atoms with Crippen molar-refractivity contribution < 1.29 is 29.9 Å². The Morgan fingerprint density at radius 1 is 0.844 bits per heavy atom. The maximum absolute atomic E-state index is 12.3. The van der Waals surface area contributed by atoms with Crippen LogP contribution in [0.1, 0.15) is 13.8 Å². The van der Waals surface area contributed by atoms with Gasteiger partial charge in [0.25, 0.3) is 0 Å². The van der Waals surface area contributed by atoms with Crippen molar-refractivity contribution in [1.29, 1.82) is 0 Å². The van der Waals surface area contributed by atoms with E-state index in [0.29, 0.717) is 70.3 Å². The minimum absolute atomic E-state index is 0.0157. The van der Waals surface area contributed by atoms with E-state index < -0.39 is 34.3 Å². The molecule has 1 fully saturated rings. The smallest absolute Gasteiger partial charge is 0.194 e. The van der Waals surface area contributed by atoms with Gasteiger partial charge < -0.3 is 29.9 Å². The summed E-state index contributed by atoms with van der Waals surface area (Å²) in [6.07, 6.45) is -2.06. The van der Waals surface area contributed by atoms with Crippen molar-refractivity contribution in [1.82, 2.24) is 0 Å². The molecule has 1 aliphatic heterocycles. The second-order valence-electron chi connectivity index (χ2n) is 6.90. The normalized spacial score (nSPS) is 38.7. The Labute approximate surface area is 221 Å². The van der Waals surface area contributed by atoms with E-state index in [0.717, 1.165) is 0 Å². The van der Waals surface area contributed by atoms with E-state index in [4.69, 9.17) is 9.47 Å². The van der Waals surface area contributed by atoms with Gasteiger partial charge in [0.05, 0.1) is 6.61 Å². The monoisotopic (exact) mass is 748 g/mol. The predicted molar refractivity (Wildman–Crippen MR) is 189 cm³/mol. The van der Waals surface area contributed by atoms with Gasteiger partial charge in [-0.25, -0.2) is 0 Å². The van der Waals surface area contributed by atoms with Crippen molar-refractivity contribution in [3.05, 3.63) is 0 Å². The Hall–Kier alpha value is 6.64. The predicted octanol–water partition coefficient (Wildman–Crippen LogP) is 6.39. The first-order valence-electron chi connectivity index (χ1n) is 9.09. The summed E-state index contributed by atoms with van der Waals surface area (Å²) in [5.74, 6) is -0.686. The molecule has 0 spiro atoms. The lowest BCUT2D eigenvalue weighted by Gasteiger charge is -2.61. The average Bonchev–Trinajstić information content (AvgIpc) is 2.76. The van der Waals surface area contributed by atoms with Gasteiger partial charge in [-0.1, -0.05) is 111 Å². The number of hydrogen-bond donors (Lipinski definition) is 4. The Kier molecular flexibility index (Phi) is 21.7. The molecule has 192 valence electrons. The molecule has 0 radical (unpaired) electrons. The molecule has 1 saturated heterocycles. The summed E-state index contributed by atoms with van der Waals surface area (Å²) in [5, 5.41) is 42.6. The summed E-state index contributed by atoms with van der Waals surface area (Å²) < 4.78 is 12.4. The van der Waals surface area contributed by atoms with E-state index in [-0.39, 0.29) is 39.0 Å². The molecule has 4 N–H and O–H groups in total. The van der Waals surface area contributed by atoms with Crippen molar-refractivity contribution in [3.63, 3.8) is 0 Å². The fraction of sp³-hybridized carbons (Fsp3) is 1.00. The quantitative estimate of drug-likeness (QED) is 0.137. The lowest BCUT2D eigenvalue weighted by atomic mass is 9.96. The molecular weight excluding hydrogens is 712 g/mol. The van der Waals surface area contributed by atoms with Gasteiger partial charge in [-0.05, 0) is 5.92 Å². The minimum atomic E-state index is -1.78. The zero-order valence-corrected chi connectivity index (χ0v) is 34.1. The van der Waals surface area contributed by atoms with Crippen LogP contribution in [-0.2, 0) is 9.47 Å². The van der Waals surface area contributed by atoms with Crippen LogP contribution in [-0.4, -0.2) is 61.3 Å². The second-order valence-corrected chi connectivity index (χ2v) is 41.9. The molecule has 1 rings (SSSR count). The zero-order chi connectivity index (χ0) is 24.4. The third kappa shape index (κ3) is 9.88. The Morgan fingerprint density at radius 3 is 1.84 bits per heavy atom. The Bertz CT molecular complexity index is 540. The molecule has 22 heteroatoms. The maximum atomic E-state index is 12.3. The SMILES string of the molecule is CC(C)CO[C@H]1O[C@H](C(O)PPPP)[C@@](O)(PPPP)[C@@](O)(PPPP)[C@]1(O)PPPP. The van der Waals surface area contributed by atoms with Gasteiger partial charge in [0.1, 0.15) is 17.3 Å². The van der Waals surface area contributed by atoms with Crippen molar-refractivity contribution in [2.24, 2.45) is 5.92 Å². The van der Waals surface area contributed by atoms with Gasteiger partial charge in [0.2, 0.25) is 0 Å². The van der Waals surface area contributed by atoms with Gasteiger partial charge in [-0.15, -0.1) is 35.7 Å². The van der Waals surface area contributed by atoms with Crippen molar-refractivity contribution >= 4 is 132 Å². The first kappa shape index (κ1) is 36.7. The largest absolute Gasteiger partial charge is 0.386 e. The van der Waals surface area contributed by atoms with E-state index in [2.05, 4.69) is 35.7 Å². The highest BCUT2D eigenvalue weighted by molar-refractivity contribution is 8.59. The molecular formula is C10H36O6P16. The maximum Gasteiger partial charge on any atom is 0.194 e. The first-order chi connectivity index (χ1) is 15.1. The second kappa shape index (κ2) is 18.9. The summed E-state index contributed by atoms with van der Waals surface area (Å²) in [6.45, 7) is 4.41. The number of hydrogen-bond acceptors (Lipinski definition) is 6. The van der Waals surface area contributed by atoms with Crippen LogP contribution in [0.25, 0.3) is 0 Å². The first-order valence-corrected chi connectivity index (χ1v) is 36.4. The average molecular weight is 748 g/mol. The number of aliphatic hydroxyl groups excluding tert-OH is 1. The molecule has 0 aliphatic carbocycles. The molecule has 17 unspecified atom stereocenters. The van der Waals surface area contributed by atoms with E-state index in [1.165, 1.54) is 0 Å². The summed E-state index contributed by atoms with van der Waals surface area (Å²) in [6, 6.07) is 0. The molecule has 1 heterocycles. The molecule has 0 aromatic heterocycles. The van der Waals surface area contributed by atoms with Crippen LogP contribution < -0.4 is 0 Å². The highest BCUT2D eigenvalue weighted by atomic mass is 32.6. The summed E-state index contributed by atoms with van der Waals surface area (Å²) in [4.78, 5) is 0. The Balaban J connectivity index is 3.58. The van der Waals surface area contributed by atoms with Gasteiger partial charge in [0, 0.05) is 0 Å². The molecule has 22 atom stereocenters. The van der Waals surface area contributed by atoms with Crippen LogP contribution >= 0.6 is 132 Å². The van der Waals surface area contributed by atoms with Crippen LogP contribution in [0.15, 0.2) is 0 Å². The fourth-order valence-electron chi connectivity index (χ4n) is 2.82. The molecule has 0 aromatic rings. The van der Waals surface area contributed by atoms with Crippen LogP contribution in [0.4, 0.5) is 0 Å². The highest BCUT2D eigenvalue weighted by Gasteiger charge is 2.73. The van der Waals surface area contributed by atoms with Crippen molar-refractivity contribution in [2.45, 2.75) is 48.1 Å². The fourth-order valence-corrected chi connectivity index (χ4v) is 32.5. The summed E-state index contributed by atoms with van der Waals surface area (Å²) in [5.41, 5.74) is 0. The molecule has 0 amide bonds. The number of rotatable bonds is 16. The van der Waals surface area contributed by atoms with Gasteiger partial charge in [0.15, 0.2) is 17.0 Å². The van der Waals surface area contributed by atoms with Crippen molar-refractivity contribution in [3.8, 4) is 0 Å². The van der Waals surface area contributed by atoms with Gasteiger partial charge in [-0.3, -0.25) is 0 Å². The number of ether oxygens (including phenoxy) is 2. The van der Waals surface area contributed by atoms with Gasteiger partial charge >= 0.3 is 0 Å². The van der Waals surface area contributed by atoms with Gasteiger partial charge in [-0.2, -0.15) is 0 Å². The van der Waals surface area contributed by atoms with E-state index in [1.54, 1.807) is 0 Å². The van der Waals surface area contributed by atoms with Crippen LogP contribution in [0.3, 0.4) is 0 Å². The van der Waals surface area contributed by atoms with Crippen LogP contribution in [0.5, 0.6) is 0 Å². The molecule has 0 aromatic carbocycles. The minimum Gasteiger partial charge on any atom is -0.386 e. The lowest BCUT2D eigenvalue weighted by molar-refractivity contribution is -0.337. The molecule has 1 aliphatic rings. The number of aliphatic hydroxyl groups is 4. The third-order valence-electron chi connectivity index (χ3n) is 4.25. The summed E-state index contributed by atoms with van der Waals surface area (Å²) in [7, 11) is 15.0. The molecule has 32 heavy (non-hydrogen) atoms. The van der Waals surface area contributed by atoms with Crippen molar-refractivity contribution in [2.75, 3.05) is 6.61 Å². The Morgan fingerprint density at radius 2 is 1.34 bits per heavy atom. The lowest BCUT2D eigenvalue weighted by Crippen LogP contribution is -2.76. The standard InChI is InChI=1S/C10H36O6P16/c1-4(2)3-15-7-9(13,23-31-27-19)10(14,24-32-28-20)8(12,22-30-26-18)5(16-7)6(11)21-29-25-17/h4-7,11-14,21-32H,3,17-20H2,1-2H3/t5-,6?,7+,8-,9-,10-/m1/s1. The summed E-state index contributed by atoms with van der Waals surface area (Å²) >= 11 is 0. The van der Waals surface area contributed by atoms with E-state index in [1.807, 2.05) is 13.8 Å². The van der Waals surface area contributed by atoms with E-state index in [9.17, 15) is 20.4 Å². The molecule has 6 nitrogen and oxygen atoms in total. The molecule has 0 saturated carbocycles. The molecule has 0 bridgehead atoms. The van der Waals surface area contributed by atoms with Crippen LogP contribution in [0, 0.1) is 5.92 Å². The van der Waals surface area contributed by atoms with E-state index >= 15 is 0 Å².